The van der Waals surface area contributed by atoms with Crippen LogP contribution in [0, 0.1) is 11.3 Å². The van der Waals surface area contributed by atoms with Gasteiger partial charge in [0.2, 0.25) is 0 Å². The summed E-state index contributed by atoms with van der Waals surface area (Å²) in [6, 6.07) is 0. The van der Waals surface area contributed by atoms with E-state index in [1.807, 2.05) is 11.8 Å². The molecule has 1 aliphatic rings. The SMILES string of the molecule is CCCC(C)(CN1CCC(C(F)(F)F)CC1)C(=O)O. The second kappa shape index (κ2) is 6.11. The van der Waals surface area contributed by atoms with Crippen LogP contribution in [-0.4, -0.2) is 41.8 Å². The quantitative estimate of drug-likeness (QED) is 0.841. The molecule has 1 heterocycles. The van der Waals surface area contributed by atoms with E-state index in [0.717, 1.165) is 6.42 Å². The zero-order chi connectivity index (χ0) is 14.7. The van der Waals surface area contributed by atoms with Crippen LogP contribution in [0.5, 0.6) is 0 Å². The summed E-state index contributed by atoms with van der Waals surface area (Å²) < 4.78 is 37.6. The van der Waals surface area contributed by atoms with Crippen molar-refractivity contribution in [2.75, 3.05) is 19.6 Å². The summed E-state index contributed by atoms with van der Waals surface area (Å²) >= 11 is 0. The summed E-state index contributed by atoms with van der Waals surface area (Å²) in [4.78, 5) is 13.2. The van der Waals surface area contributed by atoms with Gasteiger partial charge in [0.1, 0.15) is 0 Å². The first-order valence-corrected chi connectivity index (χ1v) is 6.71. The van der Waals surface area contributed by atoms with E-state index in [-0.39, 0.29) is 12.8 Å². The summed E-state index contributed by atoms with van der Waals surface area (Å²) in [5.74, 6) is -2.10. The van der Waals surface area contributed by atoms with Crippen LogP contribution in [0.4, 0.5) is 13.2 Å². The third kappa shape index (κ3) is 4.37. The van der Waals surface area contributed by atoms with Gasteiger partial charge in [0.25, 0.3) is 0 Å². The van der Waals surface area contributed by atoms with Crippen LogP contribution in [0.1, 0.15) is 39.5 Å². The van der Waals surface area contributed by atoms with E-state index >= 15 is 0 Å². The molecule has 112 valence electrons. The molecule has 0 amide bonds. The number of aliphatic carboxylic acids is 1. The minimum Gasteiger partial charge on any atom is -0.481 e. The van der Waals surface area contributed by atoms with Crippen molar-refractivity contribution in [1.29, 1.82) is 0 Å². The third-order valence-corrected chi connectivity index (χ3v) is 3.94. The Labute approximate surface area is 111 Å². The highest BCUT2D eigenvalue weighted by molar-refractivity contribution is 5.74. The van der Waals surface area contributed by atoms with Gasteiger partial charge in [-0.25, -0.2) is 0 Å². The van der Waals surface area contributed by atoms with E-state index < -0.39 is 23.5 Å². The molecule has 1 N–H and O–H groups in total. The number of halogens is 3. The molecule has 3 nitrogen and oxygen atoms in total. The van der Waals surface area contributed by atoms with Crippen molar-refractivity contribution in [1.82, 2.24) is 4.90 Å². The predicted molar refractivity (Wildman–Crippen MR) is 65.9 cm³/mol. The lowest BCUT2D eigenvalue weighted by Crippen LogP contribution is -2.46. The topological polar surface area (TPSA) is 40.5 Å². The number of carboxylic acid groups (broad SMARTS) is 1. The van der Waals surface area contributed by atoms with Gasteiger partial charge in [-0.2, -0.15) is 13.2 Å². The first kappa shape index (κ1) is 16.3. The van der Waals surface area contributed by atoms with Gasteiger partial charge in [0, 0.05) is 6.54 Å². The fourth-order valence-corrected chi connectivity index (χ4v) is 2.72. The van der Waals surface area contributed by atoms with Crippen molar-refractivity contribution in [2.24, 2.45) is 11.3 Å². The van der Waals surface area contributed by atoms with Gasteiger partial charge in [-0.05, 0) is 39.3 Å². The number of carboxylic acids is 1. The molecule has 0 aromatic rings. The van der Waals surface area contributed by atoms with Gasteiger partial charge in [0.15, 0.2) is 0 Å². The number of alkyl halides is 3. The maximum atomic E-state index is 12.5. The van der Waals surface area contributed by atoms with Gasteiger partial charge in [-0.3, -0.25) is 4.79 Å². The summed E-state index contributed by atoms with van der Waals surface area (Å²) in [5.41, 5.74) is -0.861. The Kier molecular flexibility index (Phi) is 5.24. The van der Waals surface area contributed by atoms with Gasteiger partial charge in [-0.15, -0.1) is 0 Å². The number of likely N-dealkylation sites (tertiary alicyclic amines) is 1. The lowest BCUT2D eigenvalue weighted by Gasteiger charge is -2.37. The number of hydrogen-bond acceptors (Lipinski definition) is 2. The molecule has 19 heavy (non-hydrogen) atoms. The average Bonchev–Trinajstić information content (AvgIpc) is 2.28. The Balaban J connectivity index is 2.54. The summed E-state index contributed by atoms with van der Waals surface area (Å²) in [6.07, 6.45) is -2.67. The summed E-state index contributed by atoms with van der Waals surface area (Å²) in [5, 5.41) is 9.27. The van der Waals surface area contributed by atoms with Crippen LogP contribution >= 0.6 is 0 Å². The lowest BCUT2D eigenvalue weighted by atomic mass is 9.84. The number of nitrogens with zero attached hydrogens (tertiary/aromatic N) is 1. The Morgan fingerprint density at radius 1 is 1.32 bits per heavy atom. The smallest absolute Gasteiger partial charge is 0.391 e. The van der Waals surface area contributed by atoms with Crippen molar-refractivity contribution < 1.29 is 23.1 Å². The van der Waals surface area contributed by atoms with Gasteiger partial charge in [0.05, 0.1) is 11.3 Å². The molecule has 0 aromatic carbocycles. The molecule has 1 atom stereocenters. The molecule has 0 aliphatic carbocycles. The highest BCUT2D eigenvalue weighted by Crippen LogP contribution is 2.35. The highest BCUT2D eigenvalue weighted by atomic mass is 19.4. The van der Waals surface area contributed by atoms with Crippen LogP contribution in [0.25, 0.3) is 0 Å². The normalized spacial score (nSPS) is 22.2. The molecule has 0 aromatic heterocycles. The van der Waals surface area contributed by atoms with Gasteiger partial charge < -0.3 is 10.0 Å². The van der Waals surface area contributed by atoms with Crippen LogP contribution in [-0.2, 0) is 4.79 Å². The van der Waals surface area contributed by atoms with Crippen molar-refractivity contribution >= 4 is 5.97 Å². The monoisotopic (exact) mass is 281 g/mol. The number of piperidine rings is 1. The average molecular weight is 281 g/mol. The largest absolute Gasteiger partial charge is 0.481 e. The fourth-order valence-electron chi connectivity index (χ4n) is 2.72. The van der Waals surface area contributed by atoms with Crippen LogP contribution in [0.2, 0.25) is 0 Å². The molecular weight excluding hydrogens is 259 g/mol. The lowest BCUT2D eigenvalue weighted by molar-refractivity contribution is -0.186. The zero-order valence-electron chi connectivity index (χ0n) is 11.5. The van der Waals surface area contributed by atoms with Gasteiger partial charge in [-0.1, -0.05) is 13.3 Å². The first-order valence-electron chi connectivity index (χ1n) is 6.71. The highest BCUT2D eigenvalue weighted by Gasteiger charge is 2.42. The second-order valence-corrected chi connectivity index (χ2v) is 5.71. The molecule has 6 heteroatoms. The molecule has 1 fully saturated rings. The summed E-state index contributed by atoms with van der Waals surface area (Å²) in [7, 11) is 0. The fraction of sp³-hybridized carbons (Fsp3) is 0.923. The van der Waals surface area contributed by atoms with E-state index in [9.17, 15) is 23.1 Å². The summed E-state index contributed by atoms with van der Waals surface area (Å²) in [6.45, 7) is 4.58. The molecule has 1 aliphatic heterocycles. The Bertz CT molecular complexity index is 312. The molecule has 1 unspecified atom stereocenters. The molecule has 0 spiro atoms. The maximum Gasteiger partial charge on any atom is 0.391 e. The van der Waals surface area contributed by atoms with Crippen molar-refractivity contribution in [3.05, 3.63) is 0 Å². The zero-order valence-corrected chi connectivity index (χ0v) is 11.5. The number of hydrogen-bond donors (Lipinski definition) is 1. The van der Waals surface area contributed by atoms with E-state index in [4.69, 9.17) is 0 Å². The molecule has 0 saturated carbocycles. The minimum absolute atomic E-state index is 0.0747. The number of carbonyl (C=O) groups is 1. The van der Waals surface area contributed by atoms with E-state index in [1.54, 1.807) is 6.92 Å². The molecule has 0 bridgehead atoms. The number of rotatable bonds is 5. The first-order chi connectivity index (χ1) is 8.69. The Morgan fingerprint density at radius 2 is 1.84 bits per heavy atom. The van der Waals surface area contributed by atoms with Crippen molar-refractivity contribution in [3.8, 4) is 0 Å². The predicted octanol–water partition coefficient (Wildman–Crippen LogP) is 3.15. The Morgan fingerprint density at radius 3 is 2.21 bits per heavy atom. The van der Waals surface area contributed by atoms with Crippen LogP contribution in [0.3, 0.4) is 0 Å². The van der Waals surface area contributed by atoms with Crippen LogP contribution < -0.4 is 0 Å². The van der Waals surface area contributed by atoms with Crippen molar-refractivity contribution in [2.45, 2.75) is 45.7 Å². The van der Waals surface area contributed by atoms with Crippen molar-refractivity contribution in [3.63, 3.8) is 0 Å². The maximum absolute atomic E-state index is 12.5. The standard InChI is InChI=1S/C13H22F3NO2/c1-3-6-12(2,11(18)19)9-17-7-4-10(5-8-17)13(14,15)16/h10H,3-9H2,1-2H3,(H,18,19). The molecule has 0 radical (unpaired) electrons. The van der Waals surface area contributed by atoms with E-state index in [1.165, 1.54) is 0 Å². The molecule has 1 rings (SSSR count). The minimum atomic E-state index is -4.12. The van der Waals surface area contributed by atoms with E-state index in [0.29, 0.717) is 26.1 Å². The van der Waals surface area contributed by atoms with E-state index in [2.05, 4.69) is 0 Å². The van der Waals surface area contributed by atoms with Gasteiger partial charge >= 0.3 is 12.1 Å². The second-order valence-electron chi connectivity index (χ2n) is 5.71. The molecular formula is C13H22F3NO2. The molecule has 1 saturated heterocycles. The Hall–Kier alpha value is -0.780. The van der Waals surface area contributed by atoms with Crippen LogP contribution in [0.15, 0.2) is 0 Å². The third-order valence-electron chi connectivity index (χ3n) is 3.94.